The molecule has 0 saturated carbocycles. The fraction of sp³-hybridized carbons (Fsp3) is 0.567. The Bertz CT molecular complexity index is 1100. The van der Waals surface area contributed by atoms with Gasteiger partial charge in [0, 0.05) is 14.0 Å². The van der Waals surface area contributed by atoms with E-state index in [1.54, 1.807) is 31.4 Å². The van der Waals surface area contributed by atoms with E-state index in [0.717, 1.165) is 48.0 Å². The lowest BCUT2D eigenvalue weighted by molar-refractivity contribution is -0.139. The van der Waals surface area contributed by atoms with Crippen LogP contribution < -0.4 is 0 Å². The van der Waals surface area contributed by atoms with Gasteiger partial charge in [-0.2, -0.15) is 0 Å². The first-order chi connectivity index (χ1) is 17.4. The van der Waals surface area contributed by atoms with Crippen molar-refractivity contribution in [2.24, 2.45) is 5.41 Å². The molecular weight excluding hydrogens is 488 g/mol. The van der Waals surface area contributed by atoms with Gasteiger partial charge in [0.15, 0.2) is 9.84 Å². The van der Waals surface area contributed by atoms with Gasteiger partial charge in [0.2, 0.25) is 0 Å². The minimum Gasteiger partial charge on any atom is -0.462 e. The molecule has 0 heterocycles. The number of hydrogen-bond acceptors (Lipinski definition) is 6. The summed E-state index contributed by atoms with van der Waals surface area (Å²) in [7, 11) is -2.24. The number of rotatable bonds is 13. The molecule has 2 rings (SSSR count). The Morgan fingerprint density at radius 1 is 1.11 bits per heavy atom. The highest BCUT2D eigenvalue weighted by Gasteiger charge is 2.45. The molecule has 0 radical (unpaired) electrons. The maximum atomic E-state index is 14.3. The van der Waals surface area contributed by atoms with Gasteiger partial charge in [0.25, 0.3) is 0 Å². The van der Waals surface area contributed by atoms with E-state index in [9.17, 15) is 13.2 Å². The van der Waals surface area contributed by atoms with E-state index in [0.29, 0.717) is 11.3 Å². The summed E-state index contributed by atoms with van der Waals surface area (Å²) >= 11 is 0. The zero-order valence-electron chi connectivity index (χ0n) is 23.5. The number of hydrogen-bond donors (Lipinski definition) is 0. The normalized spacial score (nSPS) is 18.5. The average molecular weight is 533 g/mol. The predicted molar refractivity (Wildman–Crippen MR) is 148 cm³/mol. The molecule has 6 nitrogen and oxygen atoms in total. The third kappa shape index (κ3) is 8.66. The molecule has 0 aromatic heterocycles. The first kappa shape index (κ1) is 31.0. The minimum absolute atomic E-state index is 0.00920. The number of carbonyl (C=O) groups excluding carboxylic acids is 1. The predicted octanol–water partition coefficient (Wildman–Crippen LogP) is 6.58. The van der Waals surface area contributed by atoms with Crippen molar-refractivity contribution in [3.8, 4) is 0 Å². The number of allylic oxidation sites excluding steroid dienone is 3. The van der Waals surface area contributed by atoms with Crippen LogP contribution in [0.15, 0.2) is 69.7 Å². The molecule has 0 bridgehead atoms. The molecule has 2 atom stereocenters. The molecule has 1 aromatic rings. The van der Waals surface area contributed by atoms with Crippen molar-refractivity contribution in [2.45, 2.75) is 89.9 Å². The second-order valence-electron chi connectivity index (χ2n) is 10.5. The van der Waals surface area contributed by atoms with Gasteiger partial charge in [-0.1, -0.05) is 49.3 Å². The second-order valence-corrected chi connectivity index (χ2v) is 12.6. The van der Waals surface area contributed by atoms with Crippen LogP contribution >= 0.6 is 0 Å². The highest BCUT2D eigenvalue weighted by atomic mass is 32.2. The molecule has 1 aromatic carbocycles. The van der Waals surface area contributed by atoms with Gasteiger partial charge in [-0.05, 0) is 87.6 Å². The molecule has 1 aliphatic rings. The van der Waals surface area contributed by atoms with Crippen molar-refractivity contribution >= 4 is 15.8 Å². The number of methoxy groups -OCH3 is 1. The summed E-state index contributed by atoms with van der Waals surface area (Å²) in [6.45, 7) is 11.9. The molecule has 37 heavy (non-hydrogen) atoms. The van der Waals surface area contributed by atoms with Crippen LogP contribution in [0.2, 0.25) is 0 Å². The van der Waals surface area contributed by atoms with Crippen LogP contribution in [-0.2, 0) is 28.8 Å². The summed E-state index contributed by atoms with van der Waals surface area (Å²) in [6, 6.07) is 8.67. The number of benzene rings is 1. The number of carbonyl (C=O) groups is 1. The molecule has 206 valence electrons. The standard InChI is InChI=1S/C30H44O6S/c1-22(18-20-35-25(4)31)13-11-14-24(3)28(36-21-34-7)29(27-23(2)15-12-19-30(27,5)6)37(32,33)26-16-9-8-10-17-26/h8-10,14,16-18,28-29H,11-13,15,19-21H2,1-7H3/b22-18+,24-14+. The van der Waals surface area contributed by atoms with Crippen LogP contribution in [0.3, 0.4) is 0 Å². The molecule has 0 N–H and O–H groups in total. The maximum absolute atomic E-state index is 14.3. The van der Waals surface area contributed by atoms with Crippen LogP contribution in [0.5, 0.6) is 0 Å². The average Bonchev–Trinajstić information content (AvgIpc) is 2.82. The Labute approximate surface area is 223 Å². The molecule has 0 amide bonds. The van der Waals surface area contributed by atoms with Gasteiger partial charge in [-0.3, -0.25) is 4.79 Å². The van der Waals surface area contributed by atoms with E-state index in [-0.39, 0.29) is 24.8 Å². The fourth-order valence-electron chi connectivity index (χ4n) is 5.14. The van der Waals surface area contributed by atoms with Crippen molar-refractivity contribution in [1.82, 2.24) is 0 Å². The Balaban J connectivity index is 2.52. The van der Waals surface area contributed by atoms with E-state index < -0.39 is 21.2 Å². The van der Waals surface area contributed by atoms with Gasteiger partial charge in [-0.15, -0.1) is 0 Å². The van der Waals surface area contributed by atoms with Gasteiger partial charge >= 0.3 is 5.97 Å². The van der Waals surface area contributed by atoms with Crippen molar-refractivity contribution in [3.05, 3.63) is 64.8 Å². The Hall–Kier alpha value is -2.22. The summed E-state index contributed by atoms with van der Waals surface area (Å²) in [5.41, 5.74) is 3.76. The molecular formula is C30H44O6S. The monoisotopic (exact) mass is 532 g/mol. The highest BCUT2D eigenvalue weighted by molar-refractivity contribution is 7.92. The van der Waals surface area contributed by atoms with Crippen molar-refractivity contribution in [2.75, 3.05) is 20.5 Å². The third-order valence-corrected chi connectivity index (χ3v) is 9.13. The smallest absolute Gasteiger partial charge is 0.302 e. The van der Waals surface area contributed by atoms with E-state index in [1.807, 2.05) is 26.0 Å². The summed E-state index contributed by atoms with van der Waals surface area (Å²) in [4.78, 5) is 11.3. The van der Waals surface area contributed by atoms with Gasteiger partial charge < -0.3 is 14.2 Å². The quantitative estimate of drug-likeness (QED) is 0.162. The van der Waals surface area contributed by atoms with Crippen LogP contribution in [0, 0.1) is 5.41 Å². The minimum atomic E-state index is -3.78. The summed E-state index contributed by atoms with van der Waals surface area (Å²) in [5.74, 6) is -0.307. The van der Waals surface area contributed by atoms with Crippen molar-refractivity contribution in [1.29, 1.82) is 0 Å². The third-order valence-electron chi connectivity index (χ3n) is 7.05. The van der Waals surface area contributed by atoms with Crippen molar-refractivity contribution < 1.29 is 27.4 Å². The van der Waals surface area contributed by atoms with E-state index in [4.69, 9.17) is 14.2 Å². The molecule has 2 unspecified atom stereocenters. The zero-order valence-corrected chi connectivity index (χ0v) is 24.3. The molecule has 0 aliphatic heterocycles. The van der Waals surface area contributed by atoms with Gasteiger partial charge in [0.05, 0.1) is 4.90 Å². The van der Waals surface area contributed by atoms with E-state index in [2.05, 4.69) is 26.8 Å². The van der Waals surface area contributed by atoms with Gasteiger partial charge in [0.1, 0.15) is 24.8 Å². The van der Waals surface area contributed by atoms with Gasteiger partial charge in [-0.25, -0.2) is 8.42 Å². The summed E-state index contributed by atoms with van der Waals surface area (Å²) in [5, 5.41) is -0.864. The highest BCUT2D eigenvalue weighted by Crippen LogP contribution is 2.46. The first-order valence-corrected chi connectivity index (χ1v) is 14.5. The zero-order chi connectivity index (χ0) is 27.6. The number of ether oxygens (including phenoxy) is 3. The van der Waals surface area contributed by atoms with Crippen LogP contribution in [0.25, 0.3) is 0 Å². The van der Waals surface area contributed by atoms with Crippen LogP contribution in [0.1, 0.15) is 73.6 Å². The Kier molecular flexibility index (Phi) is 11.8. The Morgan fingerprint density at radius 3 is 2.38 bits per heavy atom. The van der Waals surface area contributed by atoms with Crippen LogP contribution in [-0.4, -0.2) is 46.3 Å². The Morgan fingerprint density at radius 2 is 1.78 bits per heavy atom. The molecule has 0 spiro atoms. The molecule has 0 fully saturated rings. The summed E-state index contributed by atoms with van der Waals surface area (Å²) in [6.07, 6.45) is 7.57. The van der Waals surface area contributed by atoms with Crippen LogP contribution in [0.4, 0.5) is 0 Å². The SMILES string of the molecule is COCOC(/C(C)=C/CC/C(C)=C/COC(C)=O)C(C1=C(C)CCCC1(C)C)S(=O)(=O)c1ccccc1. The number of sulfone groups is 1. The molecule has 7 heteroatoms. The molecule has 1 aliphatic carbocycles. The lowest BCUT2D eigenvalue weighted by atomic mass is 9.70. The topological polar surface area (TPSA) is 78.9 Å². The molecule has 0 saturated heterocycles. The fourth-order valence-corrected chi connectivity index (χ4v) is 7.42. The largest absolute Gasteiger partial charge is 0.462 e. The lowest BCUT2D eigenvalue weighted by Crippen LogP contribution is -2.44. The van der Waals surface area contributed by atoms with E-state index in [1.165, 1.54) is 6.92 Å². The maximum Gasteiger partial charge on any atom is 0.302 e. The van der Waals surface area contributed by atoms with E-state index >= 15 is 0 Å². The van der Waals surface area contributed by atoms with Crippen molar-refractivity contribution in [3.63, 3.8) is 0 Å². The second kappa shape index (κ2) is 14.1. The first-order valence-electron chi connectivity index (χ1n) is 13.0. The number of esters is 1. The summed E-state index contributed by atoms with van der Waals surface area (Å²) < 4.78 is 45.0. The lowest BCUT2D eigenvalue weighted by Gasteiger charge is -2.41.